The Labute approximate surface area is 173 Å². The molecule has 0 aromatic carbocycles. The van der Waals surface area contributed by atoms with E-state index >= 15 is 0 Å². The number of hydrogen-bond acceptors (Lipinski definition) is 4. The van der Waals surface area contributed by atoms with Crippen LogP contribution in [-0.2, 0) is 9.53 Å². The highest BCUT2D eigenvalue weighted by atomic mass is 16.6. The summed E-state index contributed by atoms with van der Waals surface area (Å²) in [7, 11) is 1.77. The minimum absolute atomic E-state index is 0.0155. The first kappa shape index (κ1) is 21.5. The van der Waals surface area contributed by atoms with Crippen molar-refractivity contribution >= 4 is 18.1 Å². The van der Waals surface area contributed by atoms with Gasteiger partial charge in [-0.3, -0.25) is 4.79 Å². The highest BCUT2D eigenvalue weighted by molar-refractivity contribution is 5.91. The number of rotatable bonds is 5. The first-order valence-corrected chi connectivity index (χ1v) is 10.6. The molecule has 1 aliphatic carbocycles. The van der Waals surface area contributed by atoms with E-state index in [1.165, 1.54) is 6.42 Å². The maximum atomic E-state index is 12.5. The number of nitrogens with zero attached hydrogens (tertiary/aromatic N) is 2. The summed E-state index contributed by atoms with van der Waals surface area (Å²) in [5.74, 6) is 3.41. The Kier molecular flexibility index (Phi) is 6.39. The molecule has 1 saturated heterocycles. The van der Waals surface area contributed by atoms with Crippen molar-refractivity contribution in [1.29, 1.82) is 0 Å². The molecule has 3 rings (SSSR count). The SMILES string of the molecule is CC1CC1c1ccc(C=CC(=O)N2CCC(CN(C)C(=O)OC(C)(C)C)CC2)o1. The maximum absolute atomic E-state index is 12.5. The van der Waals surface area contributed by atoms with E-state index in [0.717, 1.165) is 24.4 Å². The van der Waals surface area contributed by atoms with Crippen molar-refractivity contribution in [2.45, 2.75) is 58.5 Å². The number of hydrogen-bond donors (Lipinski definition) is 0. The fraction of sp³-hybridized carbons (Fsp3) is 0.652. The minimum Gasteiger partial charge on any atom is -0.461 e. The molecule has 1 aromatic heterocycles. The van der Waals surface area contributed by atoms with Gasteiger partial charge in [0.1, 0.15) is 17.1 Å². The second-order valence-electron chi connectivity index (χ2n) is 9.52. The summed E-state index contributed by atoms with van der Waals surface area (Å²) in [5, 5.41) is 0. The van der Waals surface area contributed by atoms with Crippen LogP contribution in [0, 0.1) is 11.8 Å². The van der Waals surface area contributed by atoms with E-state index in [2.05, 4.69) is 6.92 Å². The van der Waals surface area contributed by atoms with Gasteiger partial charge in [-0.05, 0) is 70.1 Å². The Morgan fingerprint density at radius 2 is 1.93 bits per heavy atom. The topological polar surface area (TPSA) is 63.0 Å². The number of piperidine rings is 1. The lowest BCUT2D eigenvalue weighted by Crippen LogP contribution is -2.42. The zero-order valence-corrected chi connectivity index (χ0v) is 18.3. The van der Waals surface area contributed by atoms with E-state index in [9.17, 15) is 9.59 Å². The molecule has 0 radical (unpaired) electrons. The highest BCUT2D eigenvalue weighted by Crippen LogP contribution is 2.47. The second kappa shape index (κ2) is 8.64. The third-order valence-electron chi connectivity index (χ3n) is 5.68. The molecule has 2 unspecified atom stereocenters. The lowest BCUT2D eigenvalue weighted by Gasteiger charge is -2.34. The van der Waals surface area contributed by atoms with E-state index in [1.54, 1.807) is 24.1 Å². The van der Waals surface area contributed by atoms with Crippen molar-refractivity contribution in [1.82, 2.24) is 9.80 Å². The van der Waals surface area contributed by atoms with Gasteiger partial charge in [-0.15, -0.1) is 0 Å². The summed E-state index contributed by atoms with van der Waals surface area (Å²) in [4.78, 5) is 28.1. The first-order valence-electron chi connectivity index (χ1n) is 10.6. The number of carbonyl (C=O) groups is 2. The molecule has 2 amide bonds. The molecule has 2 fully saturated rings. The zero-order valence-electron chi connectivity index (χ0n) is 18.3. The number of amides is 2. The number of likely N-dealkylation sites (tertiary alicyclic amines) is 1. The van der Waals surface area contributed by atoms with Gasteiger partial charge in [-0.1, -0.05) is 6.92 Å². The van der Waals surface area contributed by atoms with Gasteiger partial charge in [0.05, 0.1) is 0 Å². The molecule has 29 heavy (non-hydrogen) atoms. The molecule has 1 aliphatic heterocycles. The van der Waals surface area contributed by atoms with E-state index in [-0.39, 0.29) is 12.0 Å². The molecule has 1 saturated carbocycles. The van der Waals surface area contributed by atoms with Gasteiger partial charge in [0.15, 0.2) is 0 Å². The maximum Gasteiger partial charge on any atom is 0.410 e. The number of ether oxygens (including phenoxy) is 1. The zero-order chi connectivity index (χ0) is 21.2. The van der Waals surface area contributed by atoms with Crippen LogP contribution in [0.15, 0.2) is 22.6 Å². The lowest BCUT2D eigenvalue weighted by atomic mass is 9.96. The Balaban J connectivity index is 1.42. The molecule has 2 aliphatic rings. The minimum atomic E-state index is -0.487. The molecule has 2 atom stereocenters. The van der Waals surface area contributed by atoms with Crippen molar-refractivity contribution in [3.8, 4) is 0 Å². The van der Waals surface area contributed by atoms with Gasteiger partial charge in [0.25, 0.3) is 0 Å². The molecule has 6 nitrogen and oxygen atoms in total. The molecular formula is C23H34N2O4. The average Bonchev–Trinajstić information content (AvgIpc) is 3.19. The molecule has 160 valence electrons. The summed E-state index contributed by atoms with van der Waals surface area (Å²) in [6.45, 7) is 9.89. The lowest BCUT2D eigenvalue weighted by molar-refractivity contribution is -0.127. The summed E-state index contributed by atoms with van der Waals surface area (Å²) in [6.07, 6.45) is 6.03. The summed E-state index contributed by atoms with van der Waals surface area (Å²) in [6, 6.07) is 3.95. The van der Waals surface area contributed by atoms with Gasteiger partial charge >= 0.3 is 6.09 Å². The van der Waals surface area contributed by atoms with E-state index in [4.69, 9.17) is 9.15 Å². The van der Waals surface area contributed by atoms with Crippen LogP contribution in [0.3, 0.4) is 0 Å². The van der Waals surface area contributed by atoms with Crippen molar-refractivity contribution < 1.29 is 18.7 Å². The van der Waals surface area contributed by atoms with Crippen molar-refractivity contribution in [2.75, 3.05) is 26.7 Å². The van der Waals surface area contributed by atoms with Gasteiger partial charge in [-0.2, -0.15) is 0 Å². The smallest absolute Gasteiger partial charge is 0.410 e. The second-order valence-corrected chi connectivity index (χ2v) is 9.52. The van der Waals surface area contributed by atoms with Crippen LogP contribution < -0.4 is 0 Å². The first-order chi connectivity index (χ1) is 13.6. The van der Waals surface area contributed by atoms with Gasteiger partial charge < -0.3 is 19.0 Å². The Bertz CT molecular complexity index is 753. The van der Waals surface area contributed by atoms with E-state index in [0.29, 0.717) is 37.4 Å². The van der Waals surface area contributed by atoms with Crippen LogP contribution in [-0.4, -0.2) is 54.1 Å². The standard InChI is InChI=1S/C23H34N2O4/c1-16-14-19(16)20-8-6-18(28-20)7-9-21(26)25-12-10-17(11-13-25)15-24(5)22(27)29-23(2,3)4/h6-9,16-17,19H,10-15H2,1-5H3. The third kappa shape index (κ3) is 6.12. The van der Waals surface area contributed by atoms with Crippen LogP contribution in [0.25, 0.3) is 6.08 Å². The molecule has 0 spiro atoms. The average molecular weight is 403 g/mol. The molecule has 6 heteroatoms. The number of furan rings is 1. The largest absolute Gasteiger partial charge is 0.461 e. The van der Waals surface area contributed by atoms with E-state index in [1.807, 2.05) is 37.8 Å². The predicted molar refractivity (Wildman–Crippen MR) is 112 cm³/mol. The number of carbonyl (C=O) groups excluding carboxylic acids is 2. The van der Waals surface area contributed by atoms with E-state index < -0.39 is 5.60 Å². The van der Waals surface area contributed by atoms with Crippen LogP contribution in [0.5, 0.6) is 0 Å². The van der Waals surface area contributed by atoms with Gasteiger partial charge in [-0.25, -0.2) is 4.79 Å². The van der Waals surface area contributed by atoms with Crippen LogP contribution in [0.1, 0.15) is 64.4 Å². The monoisotopic (exact) mass is 402 g/mol. The van der Waals surface area contributed by atoms with Crippen LogP contribution >= 0.6 is 0 Å². The van der Waals surface area contributed by atoms with Gasteiger partial charge in [0.2, 0.25) is 5.91 Å². The fourth-order valence-electron chi connectivity index (χ4n) is 3.77. The van der Waals surface area contributed by atoms with Gasteiger partial charge in [0, 0.05) is 38.7 Å². The van der Waals surface area contributed by atoms with Crippen molar-refractivity contribution in [3.63, 3.8) is 0 Å². The van der Waals surface area contributed by atoms with Crippen molar-refractivity contribution in [2.24, 2.45) is 11.8 Å². The Morgan fingerprint density at radius 1 is 1.28 bits per heavy atom. The van der Waals surface area contributed by atoms with Crippen LogP contribution in [0.4, 0.5) is 4.79 Å². The summed E-state index contributed by atoms with van der Waals surface area (Å²) >= 11 is 0. The van der Waals surface area contributed by atoms with Crippen LogP contribution in [0.2, 0.25) is 0 Å². The molecule has 0 bridgehead atoms. The highest BCUT2D eigenvalue weighted by Gasteiger charge is 2.36. The summed E-state index contributed by atoms with van der Waals surface area (Å²) in [5.41, 5.74) is -0.487. The summed E-state index contributed by atoms with van der Waals surface area (Å²) < 4.78 is 11.2. The Morgan fingerprint density at radius 3 is 2.52 bits per heavy atom. The normalized spacial score (nSPS) is 22.7. The fourth-order valence-corrected chi connectivity index (χ4v) is 3.77. The predicted octanol–water partition coefficient (Wildman–Crippen LogP) is 4.52. The quantitative estimate of drug-likeness (QED) is 0.679. The molecule has 2 heterocycles. The molecular weight excluding hydrogens is 368 g/mol. The van der Waals surface area contributed by atoms with Crippen molar-refractivity contribution in [3.05, 3.63) is 29.7 Å². The molecule has 0 N–H and O–H groups in total. The Hall–Kier alpha value is -2.24. The third-order valence-corrected chi connectivity index (χ3v) is 5.68. The molecule has 1 aromatic rings.